The number of halogens is 2. The number of hydrogen-bond donors (Lipinski definition) is 1. The molecule has 3 rings (SSSR count). The summed E-state index contributed by atoms with van der Waals surface area (Å²) >= 11 is 0. The summed E-state index contributed by atoms with van der Waals surface area (Å²) in [6, 6.07) is 7.72. The average Bonchev–Trinajstić information content (AvgIpc) is 2.68. The van der Waals surface area contributed by atoms with E-state index < -0.39 is 36.6 Å². The van der Waals surface area contributed by atoms with Crippen LogP contribution >= 0.6 is 0 Å². The number of nitrogens with one attached hydrogen (secondary N) is 1. The molecule has 29 heavy (non-hydrogen) atoms. The minimum atomic E-state index is -4.52. The molecule has 1 aliphatic carbocycles. The predicted octanol–water partition coefficient (Wildman–Crippen LogP) is 3.72. The lowest BCUT2D eigenvalue weighted by Crippen LogP contribution is -2.38. The zero-order chi connectivity index (χ0) is 21.2. The summed E-state index contributed by atoms with van der Waals surface area (Å²) in [5, 5.41) is 0. The van der Waals surface area contributed by atoms with Crippen molar-refractivity contribution in [1.29, 1.82) is 0 Å². The number of benzene rings is 2. The number of nitrogens with zero attached hydrogens (tertiary/aromatic N) is 1. The highest BCUT2D eigenvalue weighted by Crippen LogP contribution is 2.28. The fraction of sp³-hybridized carbons (Fsp3) is 0.368. The molecule has 1 fully saturated rings. The Morgan fingerprint density at radius 3 is 2.00 bits per heavy atom. The van der Waals surface area contributed by atoms with Crippen LogP contribution < -0.4 is 4.72 Å². The first kappa shape index (κ1) is 21.7. The predicted molar refractivity (Wildman–Crippen MR) is 105 cm³/mol. The Labute approximate surface area is 169 Å². The molecule has 10 heteroatoms. The van der Waals surface area contributed by atoms with Gasteiger partial charge in [-0.25, -0.2) is 25.6 Å². The molecule has 1 aliphatic rings. The molecule has 0 spiro atoms. The number of anilines is 1. The maximum absolute atomic E-state index is 13.8. The van der Waals surface area contributed by atoms with Crippen LogP contribution in [0.15, 0.2) is 52.3 Å². The highest BCUT2D eigenvalue weighted by atomic mass is 32.2. The normalized spacial score (nSPS) is 16.1. The summed E-state index contributed by atoms with van der Waals surface area (Å²) in [6.07, 6.45) is 4.68. The van der Waals surface area contributed by atoms with Crippen LogP contribution in [0.25, 0.3) is 0 Å². The van der Waals surface area contributed by atoms with Crippen molar-refractivity contribution >= 4 is 25.7 Å². The van der Waals surface area contributed by atoms with E-state index in [1.54, 1.807) is 7.05 Å². The lowest BCUT2D eigenvalue weighted by atomic mass is 9.96. The maximum Gasteiger partial charge on any atom is 0.267 e. The molecule has 0 bridgehead atoms. The zero-order valence-electron chi connectivity index (χ0n) is 15.8. The Balaban J connectivity index is 1.81. The van der Waals surface area contributed by atoms with Gasteiger partial charge in [0, 0.05) is 18.8 Å². The summed E-state index contributed by atoms with van der Waals surface area (Å²) in [5.41, 5.74) is -0.00748. The van der Waals surface area contributed by atoms with Crippen molar-refractivity contribution in [2.75, 3.05) is 11.8 Å². The minimum Gasteiger partial charge on any atom is -0.279 e. The van der Waals surface area contributed by atoms with Crippen LogP contribution in [0.5, 0.6) is 0 Å². The summed E-state index contributed by atoms with van der Waals surface area (Å²) < 4.78 is 81.3. The molecule has 0 aliphatic heterocycles. The van der Waals surface area contributed by atoms with E-state index in [-0.39, 0.29) is 16.6 Å². The highest BCUT2D eigenvalue weighted by Gasteiger charge is 2.29. The minimum absolute atomic E-state index is 0.00748. The third-order valence-electron chi connectivity index (χ3n) is 5.06. The first-order valence-electron chi connectivity index (χ1n) is 9.18. The topological polar surface area (TPSA) is 83.6 Å². The summed E-state index contributed by atoms with van der Waals surface area (Å²) in [4.78, 5) is -1.07. The van der Waals surface area contributed by atoms with Gasteiger partial charge in [-0.2, -0.15) is 4.31 Å². The highest BCUT2D eigenvalue weighted by molar-refractivity contribution is 7.92. The van der Waals surface area contributed by atoms with Gasteiger partial charge in [-0.3, -0.25) is 4.72 Å². The van der Waals surface area contributed by atoms with Crippen molar-refractivity contribution < 1.29 is 25.6 Å². The first-order valence-corrected chi connectivity index (χ1v) is 12.1. The second-order valence-electron chi connectivity index (χ2n) is 6.99. The standard InChI is InChI=1S/C19H22F2N2O4S2/c1-23(15-6-3-2-4-7-15)29(26,27)16-12-10-14(11-13-16)22-28(24,25)19-17(20)8-5-9-18(19)21/h5,8-13,15,22H,2-4,6-7H2,1H3. The van der Waals surface area contributed by atoms with Gasteiger partial charge in [-0.1, -0.05) is 25.3 Å². The number of rotatable bonds is 6. The van der Waals surface area contributed by atoms with Crippen molar-refractivity contribution in [2.45, 2.75) is 47.9 Å². The number of hydrogen-bond acceptors (Lipinski definition) is 4. The van der Waals surface area contributed by atoms with E-state index in [2.05, 4.69) is 4.72 Å². The molecule has 1 saturated carbocycles. The number of sulfonamides is 2. The molecule has 0 unspecified atom stereocenters. The maximum atomic E-state index is 13.8. The molecular weight excluding hydrogens is 422 g/mol. The van der Waals surface area contributed by atoms with Gasteiger partial charge in [0.25, 0.3) is 10.0 Å². The van der Waals surface area contributed by atoms with Crippen LogP contribution in [0.4, 0.5) is 14.5 Å². The van der Waals surface area contributed by atoms with Gasteiger partial charge in [0.15, 0.2) is 4.90 Å². The van der Waals surface area contributed by atoms with E-state index >= 15 is 0 Å². The third kappa shape index (κ3) is 4.59. The summed E-state index contributed by atoms with van der Waals surface area (Å²) in [6.45, 7) is 0. The smallest absolute Gasteiger partial charge is 0.267 e. The molecule has 0 aromatic heterocycles. The van der Waals surface area contributed by atoms with Crippen LogP contribution in [-0.2, 0) is 20.0 Å². The second kappa shape index (κ2) is 8.37. The Bertz CT molecular complexity index is 1060. The Morgan fingerprint density at radius 2 is 1.45 bits per heavy atom. The van der Waals surface area contributed by atoms with E-state index in [1.807, 2.05) is 0 Å². The van der Waals surface area contributed by atoms with Gasteiger partial charge >= 0.3 is 0 Å². The molecule has 6 nitrogen and oxygen atoms in total. The van der Waals surface area contributed by atoms with E-state index in [9.17, 15) is 25.6 Å². The van der Waals surface area contributed by atoms with Crippen LogP contribution in [0, 0.1) is 11.6 Å². The van der Waals surface area contributed by atoms with Crippen molar-refractivity contribution in [2.24, 2.45) is 0 Å². The van der Waals surface area contributed by atoms with E-state index in [1.165, 1.54) is 28.6 Å². The fourth-order valence-electron chi connectivity index (χ4n) is 3.45. The quantitative estimate of drug-likeness (QED) is 0.736. The van der Waals surface area contributed by atoms with Crippen LogP contribution in [0.1, 0.15) is 32.1 Å². The van der Waals surface area contributed by atoms with E-state index in [4.69, 9.17) is 0 Å². The molecule has 2 aromatic rings. The average molecular weight is 445 g/mol. The molecule has 158 valence electrons. The monoisotopic (exact) mass is 444 g/mol. The van der Waals surface area contributed by atoms with Gasteiger partial charge in [0.2, 0.25) is 10.0 Å². The molecule has 0 heterocycles. The Kier molecular flexibility index (Phi) is 6.25. The summed E-state index contributed by atoms with van der Waals surface area (Å²) in [5.74, 6) is -2.43. The second-order valence-corrected chi connectivity index (χ2v) is 10.6. The molecule has 1 N–H and O–H groups in total. The van der Waals surface area contributed by atoms with Gasteiger partial charge in [0.1, 0.15) is 11.6 Å². The SMILES string of the molecule is CN(C1CCCCC1)S(=O)(=O)c1ccc(NS(=O)(=O)c2c(F)cccc2F)cc1. The van der Waals surface area contributed by atoms with Crippen molar-refractivity contribution in [3.05, 3.63) is 54.1 Å². The largest absolute Gasteiger partial charge is 0.279 e. The van der Waals surface area contributed by atoms with Crippen LogP contribution in [-0.4, -0.2) is 34.2 Å². The fourth-order valence-corrected chi connectivity index (χ4v) is 6.06. The molecular formula is C19H22F2N2O4S2. The van der Waals surface area contributed by atoms with Crippen LogP contribution in [0.3, 0.4) is 0 Å². The van der Waals surface area contributed by atoms with Crippen molar-refractivity contribution in [3.63, 3.8) is 0 Å². The molecule has 0 amide bonds. The van der Waals surface area contributed by atoms with Crippen molar-refractivity contribution in [1.82, 2.24) is 4.31 Å². The molecule has 0 atom stereocenters. The molecule has 2 aromatic carbocycles. The molecule has 0 saturated heterocycles. The van der Waals surface area contributed by atoms with E-state index in [0.717, 1.165) is 50.3 Å². The van der Waals surface area contributed by atoms with Crippen molar-refractivity contribution in [3.8, 4) is 0 Å². The van der Waals surface area contributed by atoms with E-state index in [0.29, 0.717) is 0 Å². The van der Waals surface area contributed by atoms with Gasteiger partial charge in [0.05, 0.1) is 4.90 Å². The van der Waals surface area contributed by atoms with Crippen LogP contribution in [0.2, 0.25) is 0 Å². The van der Waals surface area contributed by atoms with Gasteiger partial charge in [-0.15, -0.1) is 0 Å². The third-order valence-corrected chi connectivity index (χ3v) is 8.42. The zero-order valence-corrected chi connectivity index (χ0v) is 17.4. The summed E-state index contributed by atoms with van der Waals surface area (Å²) in [7, 11) is -6.70. The Morgan fingerprint density at radius 1 is 0.897 bits per heavy atom. The lowest BCUT2D eigenvalue weighted by molar-refractivity contribution is 0.286. The van der Waals surface area contributed by atoms with Gasteiger partial charge < -0.3 is 0 Å². The lowest BCUT2D eigenvalue weighted by Gasteiger charge is -2.30. The molecule has 0 radical (unpaired) electrons. The van der Waals surface area contributed by atoms with Gasteiger partial charge in [-0.05, 0) is 49.2 Å². The first-order chi connectivity index (χ1) is 13.6. The Hall–Kier alpha value is -2.04.